The fourth-order valence-corrected chi connectivity index (χ4v) is 2.67. The highest BCUT2D eigenvalue weighted by atomic mass is 35.5. The molecular weight excluding hydrogens is 352 g/mol. The van der Waals surface area contributed by atoms with Gasteiger partial charge in [0.2, 0.25) is 5.91 Å². The number of methoxy groups -OCH3 is 2. The molecule has 0 radical (unpaired) electrons. The van der Waals surface area contributed by atoms with Crippen molar-refractivity contribution in [1.29, 1.82) is 0 Å². The van der Waals surface area contributed by atoms with Crippen molar-refractivity contribution in [3.63, 3.8) is 0 Å². The number of anilines is 1. The lowest BCUT2D eigenvalue weighted by molar-refractivity contribution is -0.120. The standard InChI is InChI=1S/C20H25ClN2O3/c1-14-4-6-16(13-17(14)21)22-11-9-20(24)23-10-8-15-5-7-18(25-2)19(12-15)26-3/h4-7,12-13,22H,8-11H2,1-3H3,(H,23,24). The Morgan fingerprint density at radius 3 is 2.50 bits per heavy atom. The number of hydrogen-bond acceptors (Lipinski definition) is 4. The maximum atomic E-state index is 11.9. The average Bonchev–Trinajstić information content (AvgIpc) is 2.64. The van der Waals surface area contributed by atoms with Crippen LogP contribution in [0.15, 0.2) is 36.4 Å². The minimum absolute atomic E-state index is 0.0104. The molecule has 2 rings (SSSR count). The van der Waals surface area contributed by atoms with Crippen molar-refractivity contribution in [3.05, 3.63) is 52.5 Å². The summed E-state index contributed by atoms with van der Waals surface area (Å²) < 4.78 is 10.5. The van der Waals surface area contributed by atoms with Gasteiger partial charge in [0.1, 0.15) is 0 Å². The third-order valence-electron chi connectivity index (χ3n) is 4.04. The number of benzene rings is 2. The zero-order valence-corrected chi connectivity index (χ0v) is 16.2. The van der Waals surface area contributed by atoms with E-state index < -0.39 is 0 Å². The van der Waals surface area contributed by atoms with Crippen LogP contribution in [0.4, 0.5) is 5.69 Å². The summed E-state index contributed by atoms with van der Waals surface area (Å²) in [6.07, 6.45) is 1.13. The van der Waals surface area contributed by atoms with Crippen LogP contribution in [0.1, 0.15) is 17.5 Å². The van der Waals surface area contributed by atoms with E-state index in [1.54, 1.807) is 14.2 Å². The number of ether oxygens (including phenoxy) is 2. The summed E-state index contributed by atoms with van der Waals surface area (Å²) >= 11 is 6.09. The van der Waals surface area contributed by atoms with Gasteiger partial charge in [0.15, 0.2) is 11.5 Å². The predicted octanol–water partition coefficient (Wildman–Crippen LogP) is 3.83. The summed E-state index contributed by atoms with van der Waals surface area (Å²) in [6.45, 7) is 3.09. The van der Waals surface area contributed by atoms with Gasteiger partial charge in [-0.15, -0.1) is 0 Å². The van der Waals surface area contributed by atoms with E-state index in [1.165, 1.54) is 0 Å². The Morgan fingerprint density at radius 2 is 1.81 bits per heavy atom. The molecule has 0 aromatic heterocycles. The fraction of sp³-hybridized carbons (Fsp3) is 0.350. The van der Waals surface area contributed by atoms with Gasteiger partial charge < -0.3 is 20.1 Å². The lowest BCUT2D eigenvalue weighted by Crippen LogP contribution is -2.27. The van der Waals surface area contributed by atoms with Gasteiger partial charge in [-0.2, -0.15) is 0 Å². The molecule has 0 aliphatic carbocycles. The molecule has 0 spiro atoms. The van der Waals surface area contributed by atoms with Gasteiger partial charge in [-0.3, -0.25) is 4.79 Å². The van der Waals surface area contributed by atoms with Crippen molar-refractivity contribution >= 4 is 23.2 Å². The molecule has 0 bridgehead atoms. The second-order valence-corrected chi connectivity index (χ2v) is 6.34. The molecule has 2 aromatic carbocycles. The van der Waals surface area contributed by atoms with Gasteiger partial charge in [-0.25, -0.2) is 0 Å². The van der Waals surface area contributed by atoms with Crippen LogP contribution in [0.3, 0.4) is 0 Å². The van der Waals surface area contributed by atoms with Crippen LogP contribution in [0.5, 0.6) is 11.5 Å². The molecule has 0 atom stereocenters. The van der Waals surface area contributed by atoms with Crippen molar-refractivity contribution in [2.24, 2.45) is 0 Å². The number of halogens is 1. The van der Waals surface area contributed by atoms with Crippen molar-refractivity contribution in [2.75, 3.05) is 32.6 Å². The van der Waals surface area contributed by atoms with Gasteiger partial charge in [-0.1, -0.05) is 23.7 Å². The van der Waals surface area contributed by atoms with E-state index in [-0.39, 0.29) is 5.91 Å². The number of nitrogens with one attached hydrogen (secondary N) is 2. The molecule has 0 aliphatic heterocycles. The Hall–Kier alpha value is -2.40. The molecule has 0 fully saturated rings. The highest BCUT2D eigenvalue weighted by Crippen LogP contribution is 2.27. The van der Waals surface area contributed by atoms with Gasteiger partial charge in [0.05, 0.1) is 14.2 Å². The molecule has 0 heterocycles. The predicted molar refractivity (Wildman–Crippen MR) is 106 cm³/mol. The van der Waals surface area contributed by atoms with Gasteiger partial charge >= 0.3 is 0 Å². The number of carbonyl (C=O) groups is 1. The van der Waals surface area contributed by atoms with Gasteiger partial charge in [0, 0.05) is 30.2 Å². The van der Waals surface area contributed by atoms with Crippen LogP contribution < -0.4 is 20.1 Å². The number of aryl methyl sites for hydroxylation is 1. The molecule has 5 nitrogen and oxygen atoms in total. The molecule has 0 saturated carbocycles. The topological polar surface area (TPSA) is 59.6 Å². The Morgan fingerprint density at radius 1 is 1.04 bits per heavy atom. The summed E-state index contributed by atoms with van der Waals surface area (Å²) in [7, 11) is 3.22. The first-order valence-corrected chi connectivity index (χ1v) is 8.89. The largest absolute Gasteiger partial charge is 0.493 e. The number of carbonyl (C=O) groups excluding carboxylic acids is 1. The molecule has 26 heavy (non-hydrogen) atoms. The zero-order chi connectivity index (χ0) is 18.9. The Labute approximate surface area is 159 Å². The summed E-state index contributed by atoms with van der Waals surface area (Å²) in [6, 6.07) is 11.5. The summed E-state index contributed by atoms with van der Waals surface area (Å²) in [5.41, 5.74) is 3.03. The van der Waals surface area contributed by atoms with Gasteiger partial charge in [0.25, 0.3) is 0 Å². The molecule has 140 valence electrons. The first-order chi connectivity index (χ1) is 12.5. The molecule has 2 N–H and O–H groups in total. The summed E-state index contributed by atoms with van der Waals surface area (Å²) in [4.78, 5) is 11.9. The number of amides is 1. The quantitative estimate of drug-likeness (QED) is 0.698. The normalized spacial score (nSPS) is 10.3. The van der Waals surface area contributed by atoms with Crippen molar-refractivity contribution in [3.8, 4) is 11.5 Å². The maximum Gasteiger partial charge on any atom is 0.221 e. The lowest BCUT2D eigenvalue weighted by atomic mass is 10.1. The monoisotopic (exact) mass is 376 g/mol. The van der Waals surface area contributed by atoms with E-state index in [0.717, 1.165) is 28.3 Å². The second kappa shape index (κ2) is 9.92. The van der Waals surface area contributed by atoms with Crippen molar-refractivity contribution in [2.45, 2.75) is 19.8 Å². The third kappa shape index (κ3) is 5.85. The molecule has 0 aliphatic rings. The highest BCUT2D eigenvalue weighted by molar-refractivity contribution is 6.31. The fourth-order valence-electron chi connectivity index (χ4n) is 2.49. The van der Waals surface area contributed by atoms with Gasteiger partial charge in [-0.05, 0) is 48.7 Å². The minimum Gasteiger partial charge on any atom is -0.493 e. The average molecular weight is 377 g/mol. The lowest BCUT2D eigenvalue weighted by Gasteiger charge is -2.11. The van der Waals surface area contributed by atoms with Crippen LogP contribution in [-0.2, 0) is 11.2 Å². The van der Waals surface area contributed by atoms with Crippen LogP contribution in [-0.4, -0.2) is 33.2 Å². The van der Waals surface area contributed by atoms with E-state index in [4.69, 9.17) is 21.1 Å². The van der Waals surface area contributed by atoms with E-state index in [0.29, 0.717) is 31.0 Å². The number of rotatable bonds is 9. The molecular formula is C20H25ClN2O3. The summed E-state index contributed by atoms with van der Waals surface area (Å²) in [5, 5.41) is 6.85. The van der Waals surface area contributed by atoms with Crippen molar-refractivity contribution in [1.82, 2.24) is 5.32 Å². The zero-order valence-electron chi connectivity index (χ0n) is 15.4. The van der Waals surface area contributed by atoms with E-state index in [2.05, 4.69) is 10.6 Å². The van der Waals surface area contributed by atoms with Crippen LogP contribution in [0.2, 0.25) is 5.02 Å². The minimum atomic E-state index is 0.0104. The van der Waals surface area contributed by atoms with Crippen LogP contribution >= 0.6 is 11.6 Å². The van der Waals surface area contributed by atoms with E-state index in [1.807, 2.05) is 43.3 Å². The highest BCUT2D eigenvalue weighted by Gasteiger charge is 2.06. The maximum absolute atomic E-state index is 11.9. The Balaban J connectivity index is 1.71. The van der Waals surface area contributed by atoms with E-state index >= 15 is 0 Å². The molecule has 1 amide bonds. The third-order valence-corrected chi connectivity index (χ3v) is 4.44. The molecule has 6 heteroatoms. The van der Waals surface area contributed by atoms with Crippen molar-refractivity contribution < 1.29 is 14.3 Å². The molecule has 2 aromatic rings. The smallest absolute Gasteiger partial charge is 0.221 e. The van der Waals surface area contributed by atoms with Crippen LogP contribution in [0, 0.1) is 6.92 Å². The Bertz CT molecular complexity index is 750. The first-order valence-electron chi connectivity index (χ1n) is 8.51. The number of hydrogen-bond donors (Lipinski definition) is 2. The van der Waals surface area contributed by atoms with E-state index in [9.17, 15) is 4.79 Å². The second-order valence-electron chi connectivity index (χ2n) is 5.93. The SMILES string of the molecule is COc1ccc(CCNC(=O)CCNc2ccc(C)c(Cl)c2)cc1OC. The first kappa shape index (κ1) is 19.9. The summed E-state index contributed by atoms with van der Waals surface area (Å²) in [5.74, 6) is 1.40. The Kier molecular flexibility index (Phi) is 7.60. The molecule has 0 saturated heterocycles. The van der Waals surface area contributed by atoms with Crippen LogP contribution in [0.25, 0.3) is 0 Å². The molecule has 0 unspecified atom stereocenters.